The fraction of sp³-hybridized carbons (Fsp3) is 0.500. The highest BCUT2D eigenvalue weighted by molar-refractivity contribution is 8.14. The zero-order chi connectivity index (χ0) is 11.7. The van der Waals surface area contributed by atoms with Gasteiger partial charge in [-0.2, -0.15) is 9.78 Å². The number of hydrogen-bond donors (Lipinski definition) is 1. The second-order valence-electron chi connectivity index (χ2n) is 3.41. The van der Waals surface area contributed by atoms with Gasteiger partial charge in [0, 0.05) is 7.05 Å². The molecule has 1 amide bonds. The topological polar surface area (TPSA) is 89.4 Å². The van der Waals surface area contributed by atoms with Crippen LogP contribution in [0.2, 0.25) is 0 Å². The van der Waals surface area contributed by atoms with Crippen LogP contribution in [0.1, 0.15) is 18.8 Å². The van der Waals surface area contributed by atoms with Crippen molar-refractivity contribution in [3.8, 4) is 0 Å². The van der Waals surface area contributed by atoms with Crippen molar-refractivity contribution in [2.45, 2.75) is 13.0 Å². The molecule has 0 spiro atoms. The number of nitrogens with zero attached hydrogens (tertiary/aromatic N) is 5. The van der Waals surface area contributed by atoms with E-state index in [1.165, 1.54) is 23.1 Å². The first kappa shape index (κ1) is 11.1. The standard InChI is InChI=1S/C8H12N6OS/c1-5(9)7-10-4-11-14(7)8-12-13(2)6(15)3-16-8/h4-5H,3,9H2,1-2H3. The molecule has 0 fully saturated rings. The quantitative estimate of drug-likeness (QED) is 0.723. The number of thioether (sulfide) groups is 1. The van der Waals surface area contributed by atoms with E-state index in [9.17, 15) is 4.79 Å². The van der Waals surface area contributed by atoms with Gasteiger partial charge < -0.3 is 5.73 Å². The first-order valence-corrected chi connectivity index (χ1v) is 5.72. The van der Waals surface area contributed by atoms with Gasteiger partial charge in [0.05, 0.1) is 11.8 Å². The van der Waals surface area contributed by atoms with Crippen LogP contribution in [0.4, 0.5) is 0 Å². The molecule has 0 radical (unpaired) electrons. The van der Waals surface area contributed by atoms with E-state index in [1.54, 1.807) is 11.7 Å². The minimum atomic E-state index is -0.228. The smallest absolute Gasteiger partial charge is 0.252 e. The number of nitrogens with two attached hydrogens (primary N) is 1. The predicted octanol–water partition coefficient (Wildman–Crippen LogP) is -0.378. The molecule has 1 aliphatic heterocycles. The number of hydrogen-bond acceptors (Lipinski definition) is 6. The van der Waals surface area contributed by atoms with Crippen molar-refractivity contribution >= 4 is 22.8 Å². The molecule has 0 bridgehead atoms. The molecule has 2 rings (SSSR count). The van der Waals surface area contributed by atoms with Gasteiger partial charge >= 0.3 is 0 Å². The molecular formula is C8H12N6OS. The van der Waals surface area contributed by atoms with Crippen LogP contribution >= 0.6 is 11.8 Å². The summed E-state index contributed by atoms with van der Waals surface area (Å²) in [6, 6.07) is -0.228. The molecule has 0 saturated carbocycles. The van der Waals surface area contributed by atoms with E-state index in [4.69, 9.17) is 5.73 Å². The number of carbonyl (C=O) groups excluding carboxylic acids is 1. The number of aromatic nitrogens is 3. The van der Waals surface area contributed by atoms with Crippen LogP contribution in [0.3, 0.4) is 0 Å². The van der Waals surface area contributed by atoms with Crippen LogP contribution in [0.5, 0.6) is 0 Å². The summed E-state index contributed by atoms with van der Waals surface area (Å²) >= 11 is 1.33. The highest BCUT2D eigenvalue weighted by Crippen LogP contribution is 2.16. The molecule has 1 aromatic rings. The molecule has 0 saturated heterocycles. The molecule has 2 N–H and O–H groups in total. The van der Waals surface area contributed by atoms with Crippen LogP contribution in [0, 0.1) is 0 Å². The van der Waals surface area contributed by atoms with Crippen molar-refractivity contribution in [2.24, 2.45) is 10.8 Å². The van der Waals surface area contributed by atoms with Crippen molar-refractivity contribution in [2.75, 3.05) is 12.8 Å². The van der Waals surface area contributed by atoms with Crippen LogP contribution in [-0.2, 0) is 4.79 Å². The fourth-order valence-electron chi connectivity index (χ4n) is 1.24. The molecule has 1 aliphatic rings. The van der Waals surface area contributed by atoms with Crippen LogP contribution < -0.4 is 5.73 Å². The predicted molar refractivity (Wildman–Crippen MR) is 60.7 cm³/mol. The Balaban J connectivity index is 2.34. The summed E-state index contributed by atoms with van der Waals surface area (Å²) in [7, 11) is 1.62. The first-order valence-electron chi connectivity index (χ1n) is 4.73. The highest BCUT2D eigenvalue weighted by atomic mass is 32.2. The van der Waals surface area contributed by atoms with Crippen LogP contribution in [-0.4, -0.2) is 43.6 Å². The van der Waals surface area contributed by atoms with Gasteiger partial charge in [0.15, 0.2) is 5.82 Å². The lowest BCUT2D eigenvalue weighted by atomic mass is 10.3. The van der Waals surface area contributed by atoms with E-state index >= 15 is 0 Å². The second kappa shape index (κ2) is 4.22. The normalized spacial score (nSPS) is 18.6. The molecule has 86 valence electrons. The van der Waals surface area contributed by atoms with E-state index < -0.39 is 0 Å². The second-order valence-corrected chi connectivity index (χ2v) is 4.35. The fourth-order valence-corrected chi connectivity index (χ4v) is 2.13. The lowest BCUT2D eigenvalue weighted by molar-refractivity contribution is -0.127. The van der Waals surface area contributed by atoms with Crippen molar-refractivity contribution < 1.29 is 4.79 Å². The Kier molecular flexibility index (Phi) is 2.92. The van der Waals surface area contributed by atoms with E-state index in [-0.39, 0.29) is 11.9 Å². The monoisotopic (exact) mass is 240 g/mol. The SMILES string of the molecule is CC(N)c1ncnn1C1=NN(C)C(=O)CS1. The molecule has 16 heavy (non-hydrogen) atoms. The maximum Gasteiger partial charge on any atom is 0.252 e. The Bertz CT molecular complexity index is 439. The van der Waals surface area contributed by atoms with Crippen molar-refractivity contribution in [1.82, 2.24) is 19.8 Å². The van der Waals surface area contributed by atoms with Gasteiger partial charge in [-0.1, -0.05) is 11.8 Å². The highest BCUT2D eigenvalue weighted by Gasteiger charge is 2.22. The van der Waals surface area contributed by atoms with Gasteiger partial charge in [-0.25, -0.2) is 9.99 Å². The van der Waals surface area contributed by atoms with Gasteiger partial charge in [-0.3, -0.25) is 4.79 Å². The Morgan fingerprint density at radius 2 is 2.38 bits per heavy atom. The maximum absolute atomic E-state index is 11.3. The lowest BCUT2D eigenvalue weighted by Crippen LogP contribution is -2.32. The minimum absolute atomic E-state index is 0.0313. The summed E-state index contributed by atoms with van der Waals surface area (Å²) in [5.41, 5.74) is 5.76. The zero-order valence-corrected chi connectivity index (χ0v) is 9.81. The molecule has 8 heteroatoms. The summed E-state index contributed by atoms with van der Waals surface area (Å²) in [5.74, 6) is 0.957. The third kappa shape index (κ3) is 1.93. The van der Waals surface area contributed by atoms with E-state index in [1.807, 2.05) is 6.92 Å². The zero-order valence-electron chi connectivity index (χ0n) is 8.99. The Morgan fingerprint density at radius 1 is 1.62 bits per heavy atom. The lowest BCUT2D eigenvalue weighted by Gasteiger charge is -2.19. The maximum atomic E-state index is 11.3. The van der Waals surface area contributed by atoms with Crippen molar-refractivity contribution in [1.29, 1.82) is 0 Å². The Hall–Kier alpha value is -1.41. The van der Waals surface area contributed by atoms with E-state index in [2.05, 4.69) is 15.2 Å². The molecule has 7 nitrogen and oxygen atoms in total. The average molecular weight is 240 g/mol. The molecule has 0 aromatic carbocycles. The number of rotatable bonds is 1. The minimum Gasteiger partial charge on any atom is -0.322 e. The molecule has 2 heterocycles. The van der Waals surface area contributed by atoms with Crippen LogP contribution in [0.15, 0.2) is 11.4 Å². The van der Waals surface area contributed by atoms with Crippen LogP contribution in [0.25, 0.3) is 0 Å². The van der Waals surface area contributed by atoms with Gasteiger partial charge in [0.25, 0.3) is 5.91 Å². The summed E-state index contributed by atoms with van der Waals surface area (Å²) in [4.78, 5) is 15.3. The third-order valence-electron chi connectivity index (χ3n) is 2.08. The van der Waals surface area contributed by atoms with Crippen molar-refractivity contribution in [3.63, 3.8) is 0 Å². The summed E-state index contributed by atoms with van der Waals surface area (Å²) < 4.78 is 1.57. The third-order valence-corrected chi connectivity index (χ3v) is 2.99. The van der Waals surface area contributed by atoms with E-state index in [0.29, 0.717) is 16.7 Å². The Morgan fingerprint density at radius 3 is 3.00 bits per heavy atom. The summed E-state index contributed by atoms with van der Waals surface area (Å²) in [6.45, 7) is 1.82. The average Bonchev–Trinajstić information content (AvgIpc) is 2.71. The van der Waals surface area contributed by atoms with Crippen molar-refractivity contribution in [3.05, 3.63) is 12.2 Å². The first-order chi connectivity index (χ1) is 7.59. The van der Waals surface area contributed by atoms with Gasteiger partial charge in [-0.15, -0.1) is 5.10 Å². The molecule has 1 unspecified atom stereocenters. The molecule has 1 atom stereocenters. The summed E-state index contributed by atoms with van der Waals surface area (Å²) in [5, 5.41) is 10.1. The number of amides is 1. The van der Waals surface area contributed by atoms with Gasteiger partial charge in [0.2, 0.25) is 5.17 Å². The van der Waals surface area contributed by atoms with Gasteiger partial charge in [0.1, 0.15) is 6.33 Å². The summed E-state index contributed by atoms with van der Waals surface area (Å²) in [6.07, 6.45) is 1.43. The van der Waals surface area contributed by atoms with E-state index in [0.717, 1.165) is 0 Å². The Labute approximate surface area is 96.7 Å². The number of carbonyl (C=O) groups is 1. The molecule has 1 aromatic heterocycles. The largest absolute Gasteiger partial charge is 0.322 e. The molecular weight excluding hydrogens is 228 g/mol. The number of hydrazone groups is 1. The van der Waals surface area contributed by atoms with Gasteiger partial charge in [-0.05, 0) is 6.92 Å². The molecule has 0 aliphatic carbocycles.